The molecule has 0 atom stereocenters. The number of carbonyl (C=O) groups is 1. The van der Waals surface area contributed by atoms with Gasteiger partial charge in [-0.25, -0.2) is 4.79 Å². The predicted molar refractivity (Wildman–Crippen MR) is 129 cm³/mol. The molecule has 0 bridgehead atoms. The van der Waals surface area contributed by atoms with Gasteiger partial charge in [-0.05, 0) is 53.6 Å². The number of carbonyl (C=O) groups excluding carboxylic acids is 1. The molecule has 0 aliphatic carbocycles. The van der Waals surface area contributed by atoms with Crippen LogP contribution in [0.4, 0.5) is 13.2 Å². The molecule has 3 aromatic carbocycles. The number of hydrogen-bond donors (Lipinski definition) is 0. The summed E-state index contributed by atoms with van der Waals surface area (Å²) in [6, 6.07) is 13.6. The first kappa shape index (κ1) is 24.9. The molecule has 0 saturated carbocycles. The molecule has 0 unspecified atom stereocenters. The van der Waals surface area contributed by atoms with Crippen LogP contribution in [0.2, 0.25) is 15.1 Å². The van der Waals surface area contributed by atoms with Crippen LogP contribution in [0, 0.1) is 0 Å². The lowest BCUT2D eigenvalue weighted by Crippen LogP contribution is -2.16. The number of ether oxygens (including phenoxy) is 1. The number of rotatable bonds is 4. The minimum Gasteiger partial charge on any atom is -0.450 e. The quantitative estimate of drug-likeness (QED) is 0.150. The van der Waals surface area contributed by atoms with Gasteiger partial charge in [-0.3, -0.25) is 4.79 Å². The smallest absolute Gasteiger partial charge is 0.450 e. The Kier molecular flexibility index (Phi) is 6.94. The zero-order valence-corrected chi connectivity index (χ0v) is 19.6. The van der Waals surface area contributed by atoms with Gasteiger partial charge in [-0.2, -0.15) is 13.2 Å². The van der Waals surface area contributed by atoms with E-state index < -0.39 is 28.9 Å². The second-order valence-corrected chi connectivity index (χ2v) is 8.48. The number of alkyl halides is 3. The van der Waals surface area contributed by atoms with Gasteiger partial charge in [0.1, 0.15) is 11.3 Å². The van der Waals surface area contributed by atoms with Crippen LogP contribution in [-0.2, 0) is 11.0 Å². The van der Waals surface area contributed by atoms with Crippen LogP contribution in [0.25, 0.3) is 28.2 Å². The van der Waals surface area contributed by atoms with Crippen molar-refractivity contribution >= 4 is 57.8 Å². The lowest BCUT2D eigenvalue weighted by atomic mass is 10.0. The summed E-state index contributed by atoms with van der Waals surface area (Å²) < 4.78 is 51.6. The molecule has 0 amide bonds. The largest absolute Gasteiger partial charge is 0.450 e. The van der Waals surface area contributed by atoms with Crippen LogP contribution in [0.1, 0.15) is 11.3 Å². The average Bonchev–Trinajstić information content (AvgIpc) is 2.80. The van der Waals surface area contributed by atoms with Gasteiger partial charge in [0.15, 0.2) is 0 Å². The van der Waals surface area contributed by atoms with Crippen LogP contribution in [0.3, 0.4) is 0 Å². The second-order valence-electron chi connectivity index (χ2n) is 7.23. The third kappa shape index (κ3) is 5.53. The highest BCUT2D eigenvalue weighted by atomic mass is 35.5. The van der Waals surface area contributed by atoms with E-state index in [1.165, 1.54) is 48.5 Å². The molecule has 1 heterocycles. The number of esters is 1. The van der Waals surface area contributed by atoms with Gasteiger partial charge in [0, 0.05) is 17.2 Å². The predicted octanol–water partition coefficient (Wildman–Crippen LogP) is 8.06. The molecule has 178 valence electrons. The van der Waals surface area contributed by atoms with E-state index in [-0.39, 0.29) is 22.3 Å². The van der Waals surface area contributed by atoms with E-state index in [0.29, 0.717) is 20.6 Å². The van der Waals surface area contributed by atoms with Crippen LogP contribution >= 0.6 is 34.8 Å². The minimum atomic E-state index is -4.96. The SMILES string of the molecule is O=C(/C=C/c1ccc(Cl)c(Cl)c1)Oc1ccc2c(=O)c(-c3ccc(Cl)cc3)c(C(F)(F)F)oc2c1. The average molecular weight is 540 g/mol. The molecule has 4 aromatic rings. The summed E-state index contributed by atoms with van der Waals surface area (Å²) in [6.45, 7) is 0. The molecular weight excluding hydrogens is 528 g/mol. The van der Waals surface area contributed by atoms with E-state index in [4.69, 9.17) is 44.0 Å². The Balaban J connectivity index is 1.69. The summed E-state index contributed by atoms with van der Waals surface area (Å²) >= 11 is 17.6. The van der Waals surface area contributed by atoms with Crippen molar-refractivity contribution in [2.24, 2.45) is 0 Å². The summed E-state index contributed by atoms with van der Waals surface area (Å²) in [5, 5.41) is 0.827. The van der Waals surface area contributed by atoms with Gasteiger partial charge in [0.25, 0.3) is 0 Å². The summed E-state index contributed by atoms with van der Waals surface area (Å²) in [7, 11) is 0. The summed E-state index contributed by atoms with van der Waals surface area (Å²) in [5.41, 5.74) is -1.35. The van der Waals surface area contributed by atoms with Crippen molar-refractivity contribution < 1.29 is 27.1 Å². The molecule has 0 fully saturated rings. The Morgan fingerprint density at radius 2 is 1.63 bits per heavy atom. The third-order valence-corrected chi connectivity index (χ3v) is 5.82. The number of halogens is 6. The number of fused-ring (bicyclic) bond motifs is 1. The van der Waals surface area contributed by atoms with Crippen molar-refractivity contribution in [2.75, 3.05) is 0 Å². The van der Waals surface area contributed by atoms with Gasteiger partial charge in [0.05, 0.1) is 21.0 Å². The van der Waals surface area contributed by atoms with Gasteiger partial charge in [-0.15, -0.1) is 0 Å². The van der Waals surface area contributed by atoms with Gasteiger partial charge in [0.2, 0.25) is 11.2 Å². The Morgan fingerprint density at radius 3 is 2.29 bits per heavy atom. The van der Waals surface area contributed by atoms with Crippen molar-refractivity contribution in [1.82, 2.24) is 0 Å². The molecule has 0 N–H and O–H groups in total. The Hall–Kier alpha value is -3.26. The van der Waals surface area contributed by atoms with Crippen molar-refractivity contribution in [3.63, 3.8) is 0 Å². The van der Waals surface area contributed by atoms with E-state index in [1.807, 2.05) is 0 Å². The van der Waals surface area contributed by atoms with Gasteiger partial charge >= 0.3 is 12.1 Å². The standard InChI is InChI=1S/C25H12Cl3F3O4/c26-15-5-3-14(4-6-15)22-23(33)17-8-7-16(12-20(17)35-24(22)25(29,30)31)34-21(32)10-2-13-1-9-18(27)19(28)11-13/h1-12H/b10-2+. The fourth-order valence-corrected chi connectivity index (χ4v) is 3.68. The highest BCUT2D eigenvalue weighted by Gasteiger charge is 2.39. The maximum Gasteiger partial charge on any atom is 0.450 e. The fraction of sp³-hybridized carbons (Fsp3) is 0.0400. The highest BCUT2D eigenvalue weighted by molar-refractivity contribution is 6.42. The minimum absolute atomic E-state index is 0.000296. The first-order chi connectivity index (χ1) is 16.5. The molecule has 0 aliphatic heterocycles. The molecular formula is C25H12Cl3F3O4. The van der Waals surface area contributed by atoms with Crippen LogP contribution in [0.15, 0.2) is 76.0 Å². The van der Waals surface area contributed by atoms with Crippen molar-refractivity contribution in [1.29, 1.82) is 0 Å². The zero-order valence-electron chi connectivity index (χ0n) is 17.3. The number of hydrogen-bond acceptors (Lipinski definition) is 4. The monoisotopic (exact) mass is 538 g/mol. The van der Waals surface area contributed by atoms with E-state index in [9.17, 15) is 22.8 Å². The maximum absolute atomic E-state index is 13.8. The van der Waals surface area contributed by atoms with Crippen molar-refractivity contribution in [2.45, 2.75) is 6.18 Å². The van der Waals surface area contributed by atoms with Crippen molar-refractivity contribution in [3.8, 4) is 16.9 Å². The molecule has 0 radical (unpaired) electrons. The topological polar surface area (TPSA) is 56.5 Å². The van der Waals surface area contributed by atoms with Crippen molar-refractivity contribution in [3.05, 3.63) is 103 Å². The third-order valence-electron chi connectivity index (χ3n) is 4.83. The molecule has 4 nitrogen and oxygen atoms in total. The van der Waals surface area contributed by atoms with E-state index in [2.05, 4.69) is 0 Å². The fourth-order valence-electron chi connectivity index (χ4n) is 3.25. The molecule has 35 heavy (non-hydrogen) atoms. The molecule has 4 rings (SSSR count). The Morgan fingerprint density at radius 1 is 0.914 bits per heavy atom. The zero-order chi connectivity index (χ0) is 25.3. The van der Waals surface area contributed by atoms with E-state index in [1.54, 1.807) is 12.1 Å². The first-order valence-electron chi connectivity index (χ1n) is 9.82. The maximum atomic E-state index is 13.8. The Labute approximate surface area is 211 Å². The molecule has 1 aromatic heterocycles. The normalized spacial score (nSPS) is 11.8. The first-order valence-corrected chi connectivity index (χ1v) is 11.0. The highest BCUT2D eigenvalue weighted by Crippen LogP contribution is 2.38. The summed E-state index contributed by atoms with van der Waals surface area (Å²) in [6.07, 6.45) is -2.44. The van der Waals surface area contributed by atoms with E-state index in [0.717, 1.165) is 12.1 Å². The second kappa shape index (κ2) is 9.77. The number of benzene rings is 3. The van der Waals surface area contributed by atoms with E-state index >= 15 is 0 Å². The summed E-state index contributed by atoms with van der Waals surface area (Å²) in [4.78, 5) is 25.2. The molecule has 0 saturated heterocycles. The lowest BCUT2D eigenvalue weighted by Gasteiger charge is -2.13. The lowest BCUT2D eigenvalue weighted by molar-refractivity contribution is -0.152. The summed E-state index contributed by atoms with van der Waals surface area (Å²) in [5.74, 6) is -2.40. The molecule has 0 spiro atoms. The van der Waals surface area contributed by atoms with Crippen LogP contribution in [-0.4, -0.2) is 5.97 Å². The Bertz CT molecular complexity index is 1520. The van der Waals surface area contributed by atoms with Crippen LogP contribution < -0.4 is 10.2 Å². The van der Waals surface area contributed by atoms with Crippen LogP contribution in [0.5, 0.6) is 5.75 Å². The van der Waals surface area contributed by atoms with Gasteiger partial charge < -0.3 is 9.15 Å². The molecule has 10 heteroatoms. The van der Waals surface area contributed by atoms with Gasteiger partial charge in [-0.1, -0.05) is 53.0 Å². The molecule has 0 aliphatic rings.